The van der Waals surface area contributed by atoms with Gasteiger partial charge >= 0.3 is 5.97 Å². The van der Waals surface area contributed by atoms with Crippen molar-refractivity contribution in [3.8, 4) is 11.5 Å². The molecule has 6 nitrogen and oxygen atoms in total. The maximum absolute atomic E-state index is 12.9. The molecule has 3 aromatic rings. The summed E-state index contributed by atoms with van der Waals surface area (Å²) in [5, 5.41) is 0.160. The van der Waals surface area contributed by atoms with E-state index in [1.165, 1.54) is 12.0 Å². The van der Waals surface area contributed by atoms with Crippen molar-refractivity contribution in [1.29, 1.82) is 0 Å². The van der Waals surface area contributed by atoms with Gasteiger partial charge in [-0.15, -0.1) is 0 Å². The molecule has 34 heavy (non-hydrogen) atoms. The van der Waals surface area contributed by atoms with Crippen LogP contribution in [0.1, 0.15) is 21.5 Å². The molecule has 0 N–H and O–H groups in total. The monoisotopic (exact) mass is 557 g/mol. The molecule has 0 unspecified atom stereocenters. The van der Waals surface area contributed by atoms with E-state index < -0.39 is 5.97 Å². The van der Waals surface area contributed by atoms with Gasteiger partial charge in [0, 0.05) is 9.50 Å². The van der Waals surface area contributed by atoms with Gasteiger partial charge in [0.15, 0.2) is 11.5 Å². The fourth-order valence-electron chi connectivity index (χ4n) is 3.17. The van der Waals surface area contributed by atoms with E-state index in [2.05, 4.69) is 15.9 Å². The molecule has 1 heterocycles. The van der Waals surface area contributed by atoms with Gasteiger partial charge in [0.1, 0.15) is 0 Å². The Labute approximate surface area is 213 Å². The quantitative estimate of drug-likeness (QED) is 0.194. The number of ether oxygens (including phenoxy) is 2. The summed E-state index contributed by atoms with van der Waals surface area (Å²) in [6, 6.07) is 18.6. The van der Waals surface area contributed by atoms with Gasteiger partial charge in [-0.05, 0) is 77.5 Å². The minimum absolute atomic E-state index is 0.182. The zero-order valence-corrected chi connectivity index (χ0v) is 20.9. The first kappa shape index (κ1) is 24.1. The van der Waals surface area contributed by atoms with Crippen LogP contribution in [0.3, 0.4) is 0 Å². The lowest BCUT2D eigenvalue weighted by molar-refractivity contribution is -0.123. The summed E-state index contributed by atoms with van der Waals surface area (Å²) in [5.41, 5.74) is 1.74. The number of esters is 1. The van der Waals surface area contributed by atoms with E-state index in [-0.39, 0.29) is 28.3 Å². The predicted octanol–water partition coefficient (Wildman–Crippen LogP) is 6.57. The van der Waals surface area contributed by atoms with Crippen LogP contribution in [-0.4, -0.2) is 29.1 Å². The summed E-state index contributed by atoms with van der Waals surface area (Å²) in [4.78, 5) is 39.4. The van der Waals surface area contributed by atoms with Gasteiger partial charge in [-0.3, -0.25) is 14.5 Å². The summed E-state index contributed by atoms with van der Waals surface area (Å²) in [7, 11) is 1.46. The number of imide groups is 1. The number of halogens is 2. The minimum atomic E-state index is -0.582. The maximum Gasteiger partial charge on any atom is 0.343 e. The molecular weight excluding hydrogens is 542 g/mol. The third kappa shape index (κ3) is 5.52. The minimum Gasteiger partial charge on any atom is -0.493 e. The Kier molecular flexibility index (Phi) is 7.41. The van der Waals surface area contributed by atoms with E-state index in [0.29, 0.717) is 21.9 Å². The van der Waals surface area contributed by atoms with E-state index in [0.717, 1.165) is 21.8 Å². The molecule has 9 heteroatoms. The van der Waals surface area contributed by atoms with Crippen molar-refractivity contribution in [2.45, 2.75) is 6.54 Å². The van der Waals surface area contributed by atoms with Crippen LogP contribution in [0.25, 0.3) is 6.08 Å². The molecule has 0 radical (unpaired) electrons. The molecule has 0 atom stereocenters. The molecule has 1 saturated heterocycles. The maximum atomic E-state index is 12.9. The molecule has 3 aromatic carbocycles. The number of carbonyl (C=O) groups is 3. The van der Waals surface area contributed by atoms with Crippen LogP contribution in [0.15, 0.2) is 76.1 Å². The van der Waals surface area contributed by atoms with Crippen LogP contribution in [0.4, 0.5) is 4.79 Å². The first-order valence-electron chi connectivity index (χ1n) is 9.99. The zero-order chi connectivity index (χ0) is 24.2. The molecule has 2 amide bonds. The lowest BCUT2D eigenvalue weighted by Gasteiger charge is -2.12. The summed E-state index contributed by atoms with van der Waals surface area (Å²) in [5.74, 6) is -0.427. The van der Waals surface area contributed by atoms with Gasteiger partial charge in [-0.1, -0.05) is 45.7 Å². The van der Waals surface area contributed by atoms with Gasteiger partial charge < -0.3 is 9.47 Å². The first-order chi connectivity index (χ1) is 16.3. The lowest BCUT2D eigenvalue weighted by atomic mass is 10.1. The number of hydrogen-bond donors (Lipinski definition) is 0. The molecule has 0 aliphatic carbocycles. The Morgan fingerprint density at radius 2 is 1.74 bits per heavy atom. The molecule has 0 bridgehead atoms. The molecule has 1 aliphatic heterocycles. The highest BCUT2D eigenvalue weighted by Crippen LogP contribution is 2.35. The molecule has 0 aromatic heterocycles. The van der Waals surface area contributed by atoms with Crippen LogP contribution in [0.2, 0.25) is 5.02 Å². The topological polar surface area (TPSA) is 72.9 Å². The number of nitrogens with zero attached hydrogens (tertiary/aromatic N) is 1. The second-order valence-corrected chi connectivity index (χ2v) is 9.55. The fraction of sp³-hybridized carbons (Fsp3) is 0.0800. The Morgan fingerprint density at radius 1 is 1.03 bits per heavy atom. The third-order valence-corrected chi connectivity index (χ3v) is 6.58. The number of thioether (sulfide) groups is 1. The van der Waals surface area contributed by atoms with Gasteiger partial charge in [-0.25, -0.2) is 4.79 Å². The largest absolute Gasteiger partial charge is 0.493 e. The first-order valence-corrected chi connectivity index (χ1v) is 12.0. The number of carbonyl (C=O) groups excluding carboxylic acids is 3. The molecule has 1 aliphatic rings. The normalized spacial score (nSPS) is 14.6. The van der Waals surface area contributed by atoms with Gasteiger partial charge in [0.05, 0.1) is 24.1 Å². The Hall–Kier alpha value is -3.07. The van der Waals surface area contributed by atoms with Gasteiger partial charge in [0.2, 0.25) is 0 Å². The zero-order valence-electron chi connectivity index (χ0n) is 17.8. The van der Waals surface area contributed by atoms with E-state index >= 15 is 0 Å². The van der Waals surface area contributed by atoms with E-state index in [4.69, 9.17) is 21.1 Å². The summed E-state index contributed by atoms with van der Waals surface area (Å²) < 4.78 is 11.7. The summed E-state index contributed by atoms with van der Waals surface area (Å²) >= 11 is 10.1. The lowest BCUT2D eigenvalue weighted by Crippen LogP contribution is -2.27. The molecule has 4 rings (SSSR count). The van der Waals surface area contributed by atoms with E-state index in [9.17, 15) is 14.4 Å². The van der Waals surface area contributed by atoms with Crippen molar-refractivity contribution in [3.63, 3.8) is 0 Å². The van der Waals surface area contributed by atoms with Crippen molar-refractivity contribution >= 4 is 62.5 Å². The molecule has 0 spiro atoms. The smallest absolute Gasteiger partial charge is 0.343 e. The highest BCUT2D eigenvalue weighted by Gasteiger charge is 2.35. The Bertz CT molecular complexity index is 1290. The fourth-order valence-corrected chi connectivity index (χ4v) is 4.40. The Morgan fingerprint density at radius 3 is 2.41 bits per heavy atom. The van der Waals surface area contributed by atoms with E-state index in [1.807, 2.05) is 24.3 Å². The second-order valence-electron chi connectivity index (χ2n) is 7.20. The summed E-state index contributed by atoms with van der Waals surface area (Å²) in [6.45, 7) is 0.182. The van der Waals surface area contributed by atoms with Crippen LogP contribution >= 0.6 is 39.3 Å². The number of hydrogen-bond acceptors (Lipinski definition) is 6. The summed E-state index contributed by atoms with van der Waals surface area (Å²) in [6.07, 6.45) is 1.59. The molecule has 172 valence electrons. The van der Waals surface area contributed by atoms with Crippen molar-refractivity contribution in [2.75, 3.05) is 7.11 Å². The molecule has 0 saturated carbocycles. The number of amides is 2. The average molecular weight is 559 g/mol. The standard InChI is InChI=1S/C25H17BrClNO5S/c1-32-20-11-4-16(12-21(20)33-24(30)17-5-9-19(27)10-6-17)13-22-23(29)28(25(31)34-22)14-15-2-7-18(26)8-3-15/h2-13H,14H2,1H3/b22-13-. The predicted molar refractivity (Wildman–Crippen MR) is 135 cm³/mol. The van der Waals surface area contributed by atoms with Gasteiger partial charge in [-0.2, -0.15) is 0 Å². The molecular formula is C25H17BrClNO5S. The average Bonchev–Trinajstić information content (AvgIpc) is 3.08. The number of rotatable bonds is 6. The van der Waals surface area contributed by atoms with Crippen LogP contribution in [0, 0.1) is 0 Å². The Balaban J connectivity index is 1.54. The van der Waals surface area contributed by atoms with Crippen LogP contribution < -0.4 is 9.47 Å². The second kappa shape index (κ2) is 10.5. The van der Waals surface area contributed by atoms with Gasteiger partial charge in [0.25, 0.3) is 11.1 Å². The van der Waals surface area contributed by atoms with Crippen molar-refractivity contribution in [2.24, 2.45) is 0 Å². The van der Waals surface area contributed by atoms with Crippen molar-refractivity contribution in [3.05, 3.63) is 97.8 Å². The van der Waals surface area contributed by atoms with E-state index in [1.54, 1.807) is 48.5 Å². The van der Waals surface area contributed by atoms with Crippen LogP contribution in [0.5, 0.6) is 11.5 Å². The van der Waals surface area contributed by atoms with Crippen molar-refractivity contribution < 1.29 is 23.9 Å². The highest BCUT2D eigenvalue weighted by atomic mass is 79.9. The van der Waals surface area contributed by atoms with Crippen molar-refractivity contribution in [1.82, 2.24) is 4.90 Å². The number of benzene rings is 3. The highest BCUT2D eigenvalue weighted by molar-refractivity contribution is 9.10. The third-order valence-electron chi connectivity index (χ3n) is 4.90. The number of methoxy groups -OCH3 is 1. The molecule has 1 fully saturated rings. The SMILES string of the molecule is COc1ccc(/C=C2\SC(=O)N(Cc3ccc(Br)cc3)C2=O)cc1OC(=O)c1ccc(Cl)cc1. The van der Waals surface area contributed by atoms with Crippen LogP contribution in [-0.2, 0) is 11.3 Å².